The van der Waals surface area contributed by atoms with E-state index in [1.807, 2.05) is 18.2 Å². The Bertz CT molecular complexity index is 758. The van der Waals surface area contributed by atoms with Gasteiger partial charge in [0, 0.05) is 24.3 Å². The van der Waals surface area contributed by atoms with Gasteiger partial charge in [-0.15, -0.1) is 0 Å². The van der Waals surface area contributed by atoms with Crippen molar-refractivity contribution in [1.82, 2.24) is 5.43 Å². The van der Waals surface area contributed by atoms with Gasteiger partial charge in [-0.3, -0.25) is 4.79 Å². The summed E-state index contributed by atoms with van der Waals surface area (Å²) in [6, 6.07) is 12.7. The minimum absolute atomic E-state index is 0.343. The van der Waals surface area contributed by atoms with E-state index in [9.17, 15) is 4.79 Å². The highest BCUT2D eigenvalue weighted by atomic mass is 35.5. The number of hydrazone groups is 1. The van der Waals surface area contributed by atoms with Gasteiger partial charge in [0.15, 0.2) is 0 Å². The molecular formula is C19H22ClN3O2. The highest BCUT2D eigenvalue weighted by Crippen LogP contribution is 2.22. The summed E-state index contributed by atoms with van der Waals surface area (Å²) in [5, 5.41) is 4.57. The third kappa shape index (κ3) is 4.73. The van der Waals surface area contributed by atoms with Crippen molar-refractivity contribution in [1.29, 1.82) is 0 Å². The molecule has 6 heteroatoms. The maximum atomic E-state index is 12.2. The summed E-state index contributed by atoms with van der Waals surface area (Å²) < 4.78 is 5.17. The second-order valence-corrected chi connectivity index (χ2v) is 5.68. The van der Waals surface area contributed by atoms with Crippen molar-refractivity contribution in [2.45, 2.75) is 13.8 Å². The molecule has 132 valence electrons. The van der Waals surface area contributed by atoms with Gasteiger partial charge in [-0.25, -0.2) is 5.43 Å². The zero-order valence-electron chi connectivity index (χ0n) is 14.6. The zero-order valence-corrected chi connectivity index (χ0v) is 15.4. The van der Waals surface area contributed by atoms with E-state index >= 15 is 0 Å². The number of ether oxygens (including phenoxy) is 1. The van der Waals surface area contributed by atoms with Gasteiger partial charge in [0.25, 0.3) is 5.91 Å². The first-order valence-electron chi connectivity index (χ1n) is 8.11. The van der Waals surface area contributed by atoms with Gasteiger partial charge in [0.05, 0.1) is 23.9 Å². The molecule has 0 spiro atoms. The zero-order chi connectivity index (χ0) is 18.2. The lowest BCUT2D eigenvalue weighted by Crippen LogP contribution is -2.21. The first-order chi connectivity index (χ1) is 12.1. The Kier molecular flexibility index (Phi) is 6.83. The van der Waals surface area contributed by atoms with Crippen LogP contribution >= 0.6 is 11.6 Å². The van der Waals surface area contributed by atoms with Gasteiger partial charge in [0.2, 0.25) is 0 Å². The molecule has 0 fully saturated rings. The Morgan fingerprint density at radius 3 is 2.60 bits per heavy atom. The molecule has 0 aliphatic heterocycles. The van der Waals surface area contributed by atoms with Crippen LogP contribution in [0.15, 0.2) is 47.6 Å². The number of nitrogens with one attached hydrogen (secondary N) is 1. The Hall–Kier alpha value is -2.53. The van der Waals surface area contributed by atoms with E-state index in [4.69, 9.17) is 16.3 Å². The third-order valence-corrected chi connectivity index (χ3v) is 4.16. The predicted molar refractivity (Wildman–Crippen MR) is 103 cm³/mol. The van der Waals surface area contributed by atoms with E-state index in [0.29, 0.717) is 16.3 Å². The van der Waals surface area contributed by atoms with E-state index in [1.54, 1.807) is 24.3 Å². The van der Waals surface area contributed by atoms with Crippen LogP contribution in [0.25, 0.3) is 0 Å². The van der Waals surface area contributed by atoms with Crippen LogP contribution in [0.1, 0.15) is 29.8 Å². The number of hydrogen-bond acceptors (Lipinski definition) is 4. The van der Waals surface area contributed by atoms with Crippen molar-refractivity contribution in [3.05, 3.63) is 58.6 Å². The molecule has 0 atom stereocenters. The summed E-state index contributed by atoms with van der Waals surface area (Å²) in [4.78, 5) is 14.4. The van der Waals surface area contributed by atoms with Crippen LogP contribution in [0, 0.1) is 0 Å². The fraction of sp³-hybridized carbons (Fsp3) is 0.263. The molecule has 0 aromatic heterocycles. The summed E-state index contributed by atoms with van der Waals surface area (Å²) in [6.07, 6.45) is 1.53. The molecule has 2 aromatic carbocycles. The molecule has 2 aromatic rings. The molecule has 0 aliphatic carbocycles. The van der Waals surface area contributed by atoms with Crippen molar-refractivity contribution in [2.75, 3.05) is 25.1 Å². The highest BCUT2D eigenvalue weighted by Gasteiger charge is 2.10. The Morgan fingerprint density at radius 2 is 1.96 bits per heavy atom. The van der Waals surface area contributed by atoms with E-state index in [2.05, 4.69) is 29.3 Å². The number of hydrogen-bond donors (Lipinski definition) is 1. The van der Waals surface area contributed by atoms with Crippen LogP contribution in [-0.2, 0) is 0 Å². The molecule has 0 saturated carbocycles. The summed E-state index contributed by atoms with van der Waals surface area (Å²) in [5.41, 5.74) is 4.71. The van der Waals surface area contributed by atoms with Gasteiger partial charge in [-0.05, 0) is 44.2 Å². The highest BCUT2D eigenvalue weighted by molar-refractivity contribution is 6.33. The number of amides is 1. The number of rotatable bonds is 7. The van der Waals surface area contributed by atoms with Gasteiger partial charge in [-0.2, -0.15) is 5.10 Å². The molecular weight excluding hydrogens is 338 g/mol. The molecule has 0 bridgehead atoms. The summed E-state index contributed by atoms with van der Waals surface area (Å²) in [5.74, 6) is 0.154. The van der Waals surface area contributed by atoms with Gasteiger partial charge in [0.1, 0.15) is 5.75 Å². The Labute approximate surface area is 153 Å². The summed E-state index contributed by atoms with van der Waals surface area (Å²) in [7, 11) is 1.52. The van der Waals surface area contributed by atoms with E-state index in [0.717, 1.165) is 24.3 Å². The molecule has 25 heavy (non-hydrogen) atoms. The molecule has 1 N–H and O–H groups in total. The van der Waals surface area contributed by atoms with E-state index < -0.39 is 0 Å². The fourth-order valence-corrected chi connectivity index (χ4v) is 2.68. The maximum absolute atomic E-state index is 12.2. The van der Waals surface area contributed by atoms with Crippen LogP contribution in [0.4, 0.5) is 5.69 Å². The minimum atomic E-state index is -0.343. The largest absolute Gasteiger partial charge is 0.496 e. The number of anilines is 1. The van der Waals surface area contributed by atoms with E-state index in [-0.39, 0.29) is 5.91 Å². The Morgan fingerprint density at radius 1 is 1.24 bits per heavy atom. The molecule has 0 aliphatic rings. The molecule has 2 rings (SSSR count). The Balaban J connectivity index is 2.08. The molecule has 0 saturated heterocycles. The lowest BCUT2D eigenvalue weighted by Gasteiger charge is -2.21. The first kappa shape index (κ1) is 18.8. The van der Waals surface area contributed by atoms with Crippen LogP contribution < -0.4 is 15.1 Å². The first-order valence-corrected chi connectivity index (χ1v) is 8.49. The lowest BCUT2D eigenvalue weighted by molar-refractivity contribution is 0.0952. The molecule has 1 amide bonds. The number of para-hydroxylation sites is 1. The third-order valence-electron chi connectivity index (χ3n) is 3.83. The van der Waals surface area contributed by atoms with Crippen LogP contribution in [0.3, 0.4) is 0 Å². The second kappa shape index (κ2) is 9.08. The van der Waals surface area contributed by atoms with Crippen LogP contribution in [0.2, 0.25) is 5.02 Å². The van der Waals surface area contributed by atoms with Crippen molar-refractivity contribution >= 4 is 29.4 Å². The number of benzene rings is 2. The van der Waals surface area contributed by atoms with Crippen LogP contribution in [0.5, 0.6) is 5.75 Å². The van der Waals surface area contributed by atoms with Gasteiger partial charge in [-0.1, -0.05) is 23.7 Å². The van der Waals surface area contributed by atoms with Crippen molar-refractivity contribution < 1.29 is 9.53 Å². The lowest BCUT2D eigenvalue weighted by atomic mass is 10.2. The maximum Gasteiger partial charge on any atom is 0.275 e. The van der Waals surface area contributed by atoms with Crippen molar-refractivity contribution in [3.8, 4) is 5.75 Å². The molecule has 0 radical (unpaired) electrons. The minimum Gasteiger partial charge on any atom is -0.496 e. The number of methoxy groups -OCH3 is 1. The second-order valence-electron chi connectivity index (χ2n) is 5.28. The fourth-order valence-electron chi connectivity index (χ4n) is 2.46. The number of nitrogens with zero attached hydrogens (tertiary/aromatic N) is 2. The SMILES string of the molecule is CCN(CC)c1ccc(C=NNC(=O)c2ccccc2OC)c(Cl)c1. The van der Waals surface area contributed by atoms with Crippen molar-refractivity contribution in [2.24, 2.45) is 5.10 Å². The molecule has 0 heterocycles. The average Bonchev–Trinajstić information content (AvgIpc) is 2.64. The molecule has 0 unspecified atom stereocenters. The topological polar surface area (TPSA) is 53.9 Å². The standard InChI is InChI=1S/C19H22ClN3O2/c1-4-23(5-2)15-11-10-14(17(20)12-15)13-21-22-19(24)16-8-6-7-9-18(16)25-3/h6-13H,4-5H2,1-3H3,(H,22,24). The van der Waals surface area contributed by atoms with E-state index in [1.165, 1.54) is 13.3 Å². The van der Waals surface area contributed by atoms with Crippen molar-refractivity contribution in [3.63, 3.8) is 0 Å². The quantitative estimate of drug-likeness (QED) is 0.601. The monoisotopic (exact) mass is 359 g/mol. The number of carbonyl (C=O) groups is 1. The average molecular weight is 360 g/mol. The smallest absolute Gasteiger partial charge is 0.275 e. The normalized spacial score (nSPS) is 10.7. The molecule has 5 nitrogen and oxygen atoms in total. The summed E-state index contributed by atoms with van der Waals surface area (Å²) >= 11 is 6.32. The summed E-state index contributed by atoms with van der Waals surface area (Å²) in [6.45, 7) is 6.02. The predicted octanol–water partition coefficient (Wildman–Crippen LogP) is 3.96. The van der Waals surface area contributed by atoms with Crippen LogP contribution in [-0.4, -0.2) is 32.3 Å². The number of halogens is 1. The van der Waals surface area contributed by atoms with Gasteiger partial charge < -0.3 is 9.64 Å². The number of carbonyl (C=O) groups excluding carboxylic acids is 1. The van der Waals surface area contributed by atoms with Gasteiger partial charge >= 0.3 is 0 Å².